The third-order valence-electron chi connectivity index (χ3n) is 7.40. The number of nitrogens with zero attached hydrogens (tertiary/aromatic N) is 4. The first kappa shape index (κ1) is 25.1. The normalized spacial score (nSPS) is 22.6. The van der Waals surface area contributed by atoms with Crippen LogP contribution in [0, 0.1) is 27.9 Å². The quantitative estimate of drug-likeness (QED) is 0.295. The smallest absolute Gasteiger partial charge is 0.329 e. The van der Waals surface area contributed by atoms with Gasteiger partial charge in [-0.15, -0.1) is 0 Å². The van der Waals surface area contributed by atoms with Gasteiger partial charge in [0, 0.05) is 31.9 Å². The molecule has 10 heteroatoms. The fourth-order valence-corrected chi connectivity index (χ4v) is 5.17. The summed E-state index contributed by atoms with van der Waals surface area (Å²) >= 11 is 0. The number of nitro groups is 1. The zero-order chi connectivity index (χ0) is 24.6. The van der Waals surface area contributed by atoms with E-state index in [1.54, 1.807) is 0 Å². The van der Waals surface area contributed by atoms with Crippen LogP contribution >= 0.6 is 0 Å². The first-order chi connectivity index (χ1) is 17.1. The molecule has 2 aromatic rings. The van der Waals surface area contributed by atoms with Gasteiger partial charge in [0.25, 0.3) is 0 Å². The molecule has 1 aliphatic carbocycles. The predicted octanol–water partition coefficient (Wildman–Crippen LogP) is 3.35. The molecule has 1 unspecified atom stereocenters. The lowest BCUT2D eigenvalue weighted by Crippen LogP contribution is -2.38. The SMILES string of the molecule is NCC1CCC(CNc2nc(NCc3cccc(N4CCCC(CN)C4)c3)ncc2[N+](=O)[O-])CC1. The molecule has 190 valence electrons. The van der Waals surface area contributed by atoms with E-state index in [4.69, 9.17) is 11.5 Å². The van der Waals surface area contributed by atoms with Gasteiger partial charge in [-0.05, 0) is 87.1 Å². The number of anilines is 3. The summed E-state index contributed by atoms with van der Waals surface area (Å²) in [6.07, 6.45) is 8.02. The summed E-state index contributed by atoms with van der Waals surface area (Å²) < 4.78 is 0. The van der Waals surface area contributed by atoms with Gasteiger partial charge in [-0.25, -0.2) is 4.98 Å². The van der Waals surface area contributed by atoms with Crippen molar-refractivity contribution in [2.45, 2.75) is 45.1 Å². The van der Waals surface area contributed by atoms with E-state index >= 15 is 0 Å². The molecule has 0 bridgehead atoms. The highest BCUT2D eigenvalue weighted by Gasteiger charge is 2.23. The number of piperidine rings is 1. The second kappa shape index (κ2) is 12.1. The molecule has 1 saturated carbocycles. The van der Waals surface area contributed by atoms with Gasteiger partial charge >= 0.3 is 5.69 Å². The molecule has 35 heavy (non-hydrogen) atoms. The van der Waals surface area contributed by atoms with E-state index < -0.39 is 4.92 Å². The third kappa shape index (κ3) is 6.79. The van der Waals surface area contributed by atoms with Crippen LogP contribution in [0.4, 0.5) is 23.1 Å². The number of hydrogen-bond donors (Lipinski definition) is 4. The van der Waals surface area contributed by atoms with Gasteiger partial charge in [0.15, 0.2) is 0 Å². The Bertz CT molecular complexity index is 980. The second-order valence-corrected chi connectivity index (χ2v) is 9.90. The number of hydrogen-bond acceptors (Lipinski definition) is 9. The number of nitrogens with two attached hydrogens (primary N) is 2. The summed E-state index contributed by atoms with van der Waals surface area (Å²) in [6, 6.07) is 8.42. The Balaban J connectivity index is 1.37. The Labute approximate surface area is 207 Å². The Morgan fingerprint density at radius 3 is 2.57 bits per heavy atom. The summed E-state index contributed by atoms with van der Waals surface area (Å²) in [4.78, 5) is 22.1. The first-order valence-electron chi connectivity index (χ1n) is 12.8. The lowest BCUT2D eigenvalue weighted by Gasteiger charge is -2.34. The van der Waals surface area contributed by atoms with Gasteiger partial charge in [0.05, 0.1) is 4.92 Å². The molecule has 1 aromatic heterocycles. The van der Waals surface area contributed by atoms with Crippen molar-refractivity contribution in [2.75, 3.05) is 48.3 Å². The summed E-state index contributed by atoms with van der Waals surface area (Å²) in [7, 11) is 0. The van der Waals surface area contributed by atoms with Crippen molar-refractivity contribution < 1.29 is 4.92 Å². The van der Waals surface area contributed by atoms with Crippen molar-refractivity contribution in [1.82, 2.24) is 9.97 Å². The predicted molar refractivity (Wildman–Crippen MR) is 139 cm³/mol. The van der Waals surface area contributed by atoms with Gasteiger partial charge < -0.3 is 27.0 Å². The maximum Gasteiger partial charge on any atom is 0.329 e. The number of benzene rings is 1. The number of nitrogens with one attached hydrogen (secondary N) is 2. The van der Waals surface area contributed by atoms with E-state index in [-0.39, 0.29) is 11.5 Å². The average Bonchev–Trinajstić information content (AvgIpc) is 2.91. The molecular weight excluding hydrogens is 444 g/mol. The molecule has 0 spiro atoms. The molecule has 2 heterocycles. The molecule has 2 aliphatic rings. The van der Waals surface area contributed by atoms with Crippen LogP contribution in [0.2, 0.25) is 0 Å². The van der Waals surface area contributed by atoms with E-state index in [0.717, 1.165) is 63.8 Å². The highest BCUT2D eigenvalue weighted by molar-refractivity contribution is 5.57. The van der Waals surface area contributed by atoms with E-state index in [0.29, 0.717) is 36.8 Å². The summed E-state index contributed by atoms with van der Waals surface area (Å²) in [6.45, 7) is 4.68. The highest BCUT2D eigenvalue weighted by Crippen LogP contribution is 2.30. The van der Waals surface area contributed by atoms with Crippen LogP contribution in [-0.2, 0) is 6.54 Å². The second-order valence-electron chi connectivity index (χ2n) is 9.90. The van der Waals surface area contributed by atoms with Gasteiger partial charge in [0.1, 0.15) is 6.20 Å². The highest BCUT2D eigenvalue weighted by atomic mass is 16.6. The van der Waals surface area contributed by atoms with Crippen LogP contribution < -0.4 is 27.0 Å². The van der Waals surface area contributed by atoms with Crippen LogP contribution in [0.15, 0.2) is 30.5 Å². The van der Waals surface area contributed by atoms with Crippen LogP contribution in [-0.4, -0.2) is 47.6 Å². The van der Waals surface area contributed by atoms with Crippen molar-refractivity contribution in [1.29, 1.82) is 0 Å². The van der Waals surface area contributed by atoms with Gasteiger partial charge in [-0.2, -0.15) is 4.98 Å². The van der Waals surface area contributed by atoms with Crippen molar-refractivity contribution in [3.8, 4) is 0 Å². The average molecular weight is 483 g/mol. The zero-order valence-corrected chi connectivity index (χ0v) is 20.4. The third-order valence-corrected chi connectivity index (χ3v) is 7.40. The summed E-state index contributed by atoms with van der Waals surface area (Å²) in [5, 5.41) is 18.0. The van der Waals surface area contributed by atoms with Crippen LogP contribution in [0.5, 0.6) is 0 Å². The molecule has 10 nitrogen and oxygen atoms in total. The molecule has 1 aliphatic heterocycles. The topological polar surface area (TPSA) is 148 Å². The number of rotatable bonds is 10. The van der Waals surface area contributed by atoms with Crippen molar-refractivity contribution in [3.05, 3.63) is 46.1 Å². The molecule has 0 amide bonds. The van der Waals surface area contributed by atoms with Gasteiger partial charge in [-0.3, -0.25) is 10.1 Å². The van der Waals surface area contributed by atoms with Gasteiger partial charge in [0.2, 0.25) is 11.8 Å². The lowest BCUT2D eigenvalue weighted by molar-refractivity contribution is -0.384. The molecule has 0 radical (unpaired) electrons. The van der Waals surface area contributed by atoms with Crippen molar-refractivity contribution in [3.63, 3.8) is 0 Å². The minimum Gasteiger partial charge on any atom is -0.371 e. The van der Waals surface area contributed by atoms with Crippen molar-refractivity contribution in [2.24, 2.45) is 29.2 Å². The zero-order valence-electron chi connectivity index (χ0n) is 20.4. The first-order valence-corrected chi connectivity index (χ1v) is 12.8. The standard InChI is InChI=1S/C25H38N8O2/c26-12-18-6-8-19(9-7-18)14-28-24-23(33(34)35)16-30-25(31-24)29-15-20-3-1-5-22(11-20)32-10-2-4-21(13-27)17-32/h1,3,5,11,16,18-19,21H,2,4,6-10,12-15,17,26-27H2,(H2,28,29,30,31). The molecule has 2 fully saturated rings. The number of aromatic nitrogens is 2. The maximum atomic E-state index is 11.5. The van der Waals surface area contributed by atoms with Crippen LogP contribution in [0.1, 0.15) is 44.1 Å². The molecular formula is C25H38N8O2. The van der Waals surface area contributed by atoms with Gasteiger partial charge in [-0.1, -0.05) is 12.1 Å². The monoisotopic (exact) mass is 482 g/mol. The maximum absolute atomic E-state index is 11.5. The molecule has 4 rings (SSSR count). The molecule has 1 atom stereocenters. The fourth-order valence-electron chi connectivity index (χ4n) is 5.17. The Kier molecular flexibility index (Phi) is 8.70. The van der Waals surface area contributed by atoms with Crippen LogP contribution in [0.25, 0.3) is 0 Å². The summed E-state index contributed by atoms with van der Waals surface area (Å²) in [5.74, 6) is 2.26. The lowest BCUT2D eigenvalue weighted by atomic mass is 9.82. The fraction of sp³-hybridized carbons (Fsp3) is 0.600. The Morgan fingerprint density at radius 2 is 1.83 bits per heavy atom. The molecule has 1 saturated heterocycles. The largest absolute Gasteiger partial charge is 0.371 e. The van der Waals surface area contributed by atoms with E-state index in [9.17, 15) is 10.1 Å². The van der Waals surface area contributed by atoms with E-state index in [1.807, 2.05) is 0 Å². The molecule has 6 N–H and O–H groups in total. The van der Waals surface area contributed by atoms with Crippen molar-refractivity contribution >= 4 is 23.1 Å². The Morgan fingerprint density at radius 1 is 1.06 bits per heavy atom. The summed E-state index contributed by atoms with van der Waals surface area (Å²) in [5.41, 5.74) is 13.9. The van der Waals surface area contributed by atoms with E-state index in [1.165, 1.54) is 18.3 Å². The van der Waals surface area contributed by atoms with Crippen LogP contribution in [0.3, 0.4) is 0 Å². The Hall–Kier alpha value is -2.98. The minimum absolute atomic E-state index is 0.104. The molecule has 1 aromatic carbocycles. The minimum atomic E-state index is -0.436. The van der Waals surface area contributed by atoms with E-state index in [2.05, 4.69) is 49.8 Å².